The predicted octanol–water partition coefficient (Wildman–Crippen LogP) is 1.34. The SMILES string of the molecule is N#Cc1ccn2c(CCl)nnc2c1. The van der Waals surface area contributed by atoms with Crippen LogP contribution in [0.1, 0.15) is 11.4 Å². The van der Waals surface area contributed by atoms with Crippen molar-refractivity contribution in [2.24, 2.45) is 0 Å². The van der Waals surface area contributed by atoms with Crippen LogP contribution >= 0.6 is 11.6 Å². The van der Waals surface area contributed by atoms with Crippen molar-refractivity contribution >= 4 is 17.2 Å². The molecule has 0 saturated heterocycles. The van der Waals surface area contributed by atoms with Crippen molar-refractivity contribution in [3.63, 3.8) is 0 Å². The number of hydrogen-bond donors (Lipinski definition) is 0. The van der Waals surface area contributed by atoms with E-state index in [9.17, 15) is 0 Å². The number of fused-ring (bicyclic) bond motifs is 1. The summed E-state index contributed by atoms with van der Waals surface area (Å²) < 4.78 is 1.76. The minimum absolute atomic E-state index is 0.313. The number of nitriles is 1. The molecular weight excluding hydrogens is 188 g/mol. The Hall–Kier alpha value is -1.60. The van der Waals surface area contributed by atoms with Crippen molar-refractivity contribution in [3.05, 3.63) is 29.7 Å². The van der Waals surface area contributed by atoms with Gasteiger partial charge in [0.25, 0.3) is 0 Å². The average Bonchev–Trinajstić information content (AvgIpc) is 2.59. The van der Waals surface area contributed by atoms with E-state index < -0.39 is 0 Å². The molecule has 0 aliphatic carbocycles. The van der Waals surface area contributed by atoms with Gasteiger partial charge in [-0.15, -0.1) is 21.8 Å². The van der Waals surface area contributed by atoms with Gasteiger partial charge < -0.3 is 0 Å². The molecule has 64 valence electrons. The smallest absolute Gasteiger partial charge is 0.162 e. The number of hydrogen-bond acceptors (Lipinski definition) is 3. The summed E-state index contributed by atoms with van der Waals surface area (Å²) in [6.07, 6.45) is 1.74. The topological polar surface area (TPSA) is 54.0 Å². The molecule has 4 nitrogen and oxygen atoms in total. The van der Waals surface area contributed by atoms with Gasteiger partial charge in [-0.05, 0) is 6.07 Å². The third-order valence-corrected chi connectivity index (χ3v) is 1.97. The van der Waals surface area contributed by atoms with Gasteiger partial charge in [0, 0.05) is 12.3 Å². The molecule has 2 aromatic heterocycles. The number of halogens is 1. The summed E-state index contributed by atoms with van der Waals surface area (Å²) in [6.45, 7) is 0. The summed E-state index contributed by atoms with van der Waals surface area (Å²) in [4.78, 5) is 0. The first kappa shape index (κ1) is 8.02. The van der Waals surface area contributed by atoms with Crippen LogP contribution in [0.5, 0.6) is 0 Å². The lowest BCUT2D eigenvalue weighted by molar-refractivity contribution is 0.986. The molecule has 0 atom stereocenters. The third kappa shape index (κ3) is 1.23. The molecule has 0 radical (unpaired) electrons. The van der Waals surface area contributed by atoms with Crippen LogP contribution in [0, 0.1) is 11.3 Å². The molecule has 0 unspecified atom stereocenters. The molecule has 5 heteroatoms. The molecule has 13 heavy (non-hydrogen) atoms. The second-order valence-electron chi connectivity index (χ2n) is 2.51. The van der Waals surface area contributed by atoms with Gasteiger partial charge in [-0.25, -0.2) is 0 Å². The summed E-state index contributed by atoms with van der Waals surface area (Å²) in [6, 6.07) is 5.40. The van der Waals surface area contributed by atoms with Crippen molar-refractivity contribution in [3.8, 4) is 6.07 Å². The van der Waals surface area contributed by atoms with Crippen molar-refractivity contribution < 1.29 is 0 Å². The first-order valence-corrected chi connectivity index (χ1v) is 4.18. The number of rotatable bonds is 1. The molecular formula is C8H5ClN4. The minimum Gasteiger partial charge on any atom is -0.285 e. The van der Waals surface area contributed by atoms with Crippen molar-refractivity contribution in [2.45, 2.75) is 5.88 Å². The number of alkyl halides is 1. The summed E-state index contributed by atoms with van der Waals surface area (Å²) in [7, 11) is 0. The van der Waals surface area contributed by atoms with Crippen LogP contribution in [0.4, 0.5) is 0 Å². The molecule has 0 amide bonds. The van der Waals surface area contributed by atoms with Crippen LogP contribution < -0.4 is 0 Å². The standard InChI is InChI=1S/C8H5ClN4/c9-4-8-12-11-7-3-6(5-10)1-2-13(7)8/h1-3H,4H2. The molecule has 0 aromatic carbocycles. The zero-order valence-corrected chi connectivity index (χ0v) is 7.36. The second kappa shape index (κ2) is 3.04. The van der Waals surface area contributed by atoms with Crippen LogP contribution in [0.15, 0.2) is 18.3 Å². The molecule has 0 spiro atoms. The maximum absolute atomic E-state index is 8.63. The van der Waals surface area contributed by atoms with E-state index in [0.29, 0.717) is 22.9 Å². The number of pyridine rings is 1. The molecule has 0 aliphatic heterocycles. The Balaban J connectivity index is 2.70. The van der Waals surface area contributed by atoms with Crippen molar-refractivity contribution in [2.75, 3.05) is 0 Å². The van der Waals surface area contributed by atoms with Crippen LogP contribution in [0.3, 0.4) is 0 Å². The van der Waals surface area contributed by atoms with E-state index >= 15 is 0 Å². The fourth-order valence-electron chi connectivity index (χ4n) is 1.10. The van der Waals surface area contributed by atoms with Gasteiger partial charge in [-0.3, -0.25) is 4.40 Å². The van der Waals surface area contributed by atoms with E-state index in [2.05, 4.69) is 10.2 Å². The number of aromatic nitrogens is 3. The van der Waals surface area contributed by atoms with Crippen LogP contribution in [-0.4, -0.2) is 14.6 Å². The maximum Gasteiger partial charge on any atom is 0.162 e. The summed E-state index contributed by atoms with van der Waals surface area (Å²) in [5.41, 5.74) is 1.22. The van der Waals surface area contributed by atoms with E-state index in [1.165, 1.54) is 0 Å². The van der Waals surface area contributed by atoms with Gasteiger partial charge >= 0.3 is 0 Å². The second-order valence-corrected chi connectivity index (χ2v) is 2.77. The van der Waals surface area contributed by atoms with E-state index in [0.717, 1.165) is 0 Å². The Morgan fingerprint density at radius 3 is 3.08 bits per heavy atom. The lowest BCUT2D eigenvalue weighted by Gasteiger charge is -1.94. The Morgan fingerprint density at radius 2 is 2.38 bits per heavy atom. The first-order chi connectivity index (χ1) is 6.35. The van der Waals surface area contributed by atoms with Gasteiger partial charge in [0.2, 0.25) is 0 Å². The summed E-state index contributed by atoms with van der Waals surface area (Å²) in [5, 5.41) is 16.4. The highest BCUT2D eigenvalue weighted by molar-refractivity contribution is 6.16. The average molecular weight is 193 g/mol. The van der Waals surface area contributed by atoms with Crippen LogP contribution in [-0.2, 0) is 5.88 Å². The van der Waals surface area contributed by atoms with Crippen molar-refractivity contribution in [1.29, 1.82) is 5.26 Å². The molecule has 0 aliphatic rings. The molecule has 2 aromatic rings. The zero-order valence-electron chi connectivity index (χ0n) is 6.61. The lowest BCUT2D eigenvalue weighted by atomic mass is 10.3. The summed E-state index contributed by atoms with van der Waals surface area (Å²) >= 11 is 5.63. The maximum atomic E-state index is 8.63. The van der Waals surface area contributed by atoms with Gasteiger partial charge in [0.1, 0.15) is 0 Å². The highest BCUT2D eigenvalue weighted by Crippen LogP contribution is 2.07. The Bertz CT molecular complexity index is 482. The molecule has 2 heterocycles. The first-order valence-electron chi connectivity index (χ1n) is 3.65. The predicted molar refractivity (Wildman–Crippen MR) is 47.3 cm³/mol. The molecule has 0 bridgehead atoms. The summed E-state index contributed by atoms with van der Waals surface area (Å²) in [5.74, 6) is 0.994. The zero-order chi connectivity index (χ0) is 9.26. The van der Waals surface area contributed by atoms with Gasteiger partial charge in [-0.2, -0.15) is 5.26 Å². The molecule has 0 N–H and O–H groups in total. The fraction of sp³-hybridized carbons (Fsp3) is 0.125. The van der Waals surface area contributed by atoms with Gasteiger partial charge in [0.15, 0.2) is 11.5 Å². The Morgan fingerprint density at radius 1 is 1.54 bits per heavy atom. The highest BCUT2D eigenvalue weighted by atomic mass is 35.5. The molecule has 2 rings (SSSR count). The highest BCUT2D eigenvalue weighted by Gasteiger charge is 2.03. The largest absolute Gasteiger partial charge is 0.285 e. The van der Waals surface area contributed by atoms with E-state index in [4.69, 9.17) is 16.9 Å². The Labute approximate surface area is 79.4 Å². The third-order valence-electron chi connectivity index (χ3n) is 1.73. The van der Waals surface area contributed by atoms with Gasteiger partial charge in [0.05, 0.1) is 17.5 Å². The monoisotopic (exact) mass is 192 g/mol. The van der Waals surface area contributed by atoms with Gasteiger partial charge in [-0.1, -0.05) is 0 Å². The van der Waals surface area contributed by atoms with E-state index in [1.54, 1.807) is 22.7 Å². The van der Waals surface area contributed by atoms with Crippen LogP contribution in [0.25, 0.3) is 5.65 Å². The van der Waals surface area contributed by atoms with E-state index in [-0.39, 0.29) is 0 Å². The van der Waals surface area contributed by atoms with Crippen molar-refractivity contribution in [1.82, 2.24) is 14.6 Å². The molecule has 0 fully saturated rings. The lowest BCUT2D eigenvalue weighted by Crippen LogP contribution is -1.90. The minimum atomic E-state index is 0.313. The fourth-order valence-corrected chi connectivity index (χ4v) is 1.28. The Kier molecular flexibility index (Phi) is 1.87. The quantitative estimate of drug-likeness (QED) is 0.641. The molecule has 0 saturated carbocycles. The van der Waals surface area contributed by atoms with Crippen LogP contribution in [0.2, 0.25) is 0 Å². The number of nitrogens with zero attached hydrogens (tertiary/aromatic N) is 4. The normalized spacial score (nSPS) is 10.2. The van der Waals surface area contributed by atoms with E-state index in [1.807, 2.05) is 6.07 Å².